The molecule has 5 rings (SSSR count). The third-order valence-corrected chi connectivity index (χ3v) is 5.99. The molecule has 3 aromatic heterocycles. The maximum atomic E-state index is 12.7. The second-order valence-corrected chi connectivity index (χ2v) is 8.32. The Morgan fingerprint density at radius 2 is 1.78 bits per heavy atom. The van der Waals surface area contributed by atoms with Crippen molar-refractivity contribution < 1.29 is 4.79 Å². The average molecular weight is 432 g/mol. The van der Waals surface area contributed by atoms with Crippen LogP contribution in [0, 0.1) is 13.8 Å². The number of carbonyl (C=O) groups excluding carboxylic acids is 1. The summed E-state index contributed by atoms with van der Waals surface area (Å²) >= 11 is 0. The normalized spacial score (nSPS) is 18.7. The van der Waals surface area contributed by atoms with E-state index in [4.69, 9.17) is 0 Å². The van der Waals surface area contributed by atoms with Crippen LogP contribution in [-0.2, 0) is 0 Å². The van der Waals surface area contributed by atoms with Gasteiger partial charge in [0.05, 0.1) is 11.7 Å². The van der Waals surface area contributed by atoms with E-state index in [1.54, 1.807) is 39.7 Å². The van der Waals surface area contributed by atoms with E-state index in [1.807, 2.05) is 19.9 Å². The standard InChI is InChI=1S/C22H24N8O2/c1-13-11-14(2)29(26-13)20-9-10-21(31)30(27-20)17-6-4-16(5-7-17)23-22(32)15-3-8-18-19(12-15)25-28-24-18/h3,8-12,16-17H,4-7H2,1-2H3,(H,23,32)(H,24,25,28). The SMILES string of the molecule is Cc1cc(C)n(-c2ccc(=O)n(C3CCC(NC(=O)c4ccc5n[nH]nc5c4)CC3)n2)n1. The maximum absolute atomic E-state index is 12.7. The molecule has 0 atom stereocenters. The number of nitrogens with zero attached hydrogens (tertiary/aromatic N) is 6. The predicted molar refractivity (Wildman–Crippen MR) is 118 cm³/mol. The van der Waals surface area contributed by atoms with Gasteiger partial charge in [0.2, 0.25) is 0 Å². The molecule has 1 aliphatic carbocycles. The Morgan fingerprint density at radius 3 is 2.53 bits per heavy atom. The molecule has 0 spiro atoms. The van der Waals surface area contributed by atoms with E-state index in [-0.39, 0.29) is 23.6 Å². The summed E-state index contributed by atoms with van der Waals surface area (Å²) < 4.78 is 3.32. The van der Waals surface area contributed by atoms with Crippen LogP contribution < -0.4 is 10.9 Å². The van der Waals surface area contributed by atoms with Crippen LogP contribution in [0.2, 0.25) is 0 Å². The zero-order chi connectivity index (χ0) is 22.2. The molecular formula is C22H24N8O2. The highest BCUT2D eigenvalue weighted by Gasteiger charge is 2.25. The minimum absolute atomic E-state index is 0.000882. The van der Waals surface area contributed by atoms with Gasteiger partial charge in [0.15, 0.2) is 5.82 Å². The van der Waals surface area contributed by atoms with Crippen molar-refractivity contribution in [3.63, 3.8) is 0 Å². The number of H-pyrrole nitrogens is 1. The Bertz CT molecular complexity index is 1340. The van der Waals surface area contributed by atoms with E-state index in [0.717, 1.165) is 42.6 Å². The maximum Gasteiger partial charge on any atom is 0.267 e. The van der Waals surface area contributed by atoms with E-state index in [1.165, 1.54) is 0 Å². The van der Waals surface area contributed by atoms with E-state index in [0.29, 0.717) is 16.9 Å². The van der Waals surface area contributed by atoms with Gasteiger partial charge in [0.25, 0.3) is 11.5 Å². The fourth-order valence-corrected chi connectivity index (χ4v) is 4.37. The van der Waals surface area contributed by atoms with E-state index < -0.39 is 0 Å². The summed E-state index contributed by atoms with van der Waals surface area (Å²) in [6.45, 7) is 3.89. The highest BCUT2D eigenvalue weighted by Crippen LogP contribution is 2.27. The molecule has 1 aromatic carbocycles. The number of carbonyl (C=O) groups is 1. The van der Waals surface area contributed by atoms with Gasteiger partial charge < -0.3 is 5.32 Å². The molecule has 10 heteroatoms. The lowest BCUT2D eigenvalue weighted by Crippen LogP contribution is -2.39. The quantitative estimate of drug-likeness (QED) is 0.510. The predicted octanol–water partition coefficient (Wildman–Crippen LogP) is 2.23. The molecule has 10 nitrogen and oxygen atoms in total. The van der Waals surface area contributed by atoms with Crippen LogP contribution in [0.3, 0.4) is 0 Å². The van der Waals surface area contributed by atoms with Crippen molar-refractivity contribution in [3.8, 4) is 5.82 Å². The Hall–Kier alpha value is -3.82. The van der Waals surface area contributed by atoms with Crippen molar-refractivity contribution in [3.05, 3.63) is 63.7 Å². The number of aromatic amines is 1. The van der Waals surface area contributed by atoms with Crippen LogP contribution in [0.5, 0.6) is 0 Å². The zero-order valence-electron chi connectivity index (χ0n) is 17.9. The van der Waals surface area contributed by atoms with Crippen molar-refractivity contribution in [1.29, 1.82) is 0 Å². The third kappa shape index (κ3) is 3.79. The first-order valence-corrected chi connectivity index (χ1v) is 10.7. The van der Waals surface area contributed by atoms with Crippen LogP contribution in [0.1, 0.15) is 53.5 Å². The van der Waals surface area contributed by atoms with Crippen LogP contribution in [0.15, 0.2) is 41.2 Å². The van der Waals surface area contributed by atoms with Crippen molar-refractivity contribution in [2.45, 2.75) is 51.6 Å². The number of amides is 1. The van der Waals surface area contributed by atoms with E-state index in [9.17, 15) is 9.59 Å². The van der Waals surface area contributed by atoms with Gasteiger partial charge in [-0.2, -0.15) is 20.5 Å². The summed E-state index contributed by atoms with van der Waals surface area (Å²) in [6.07, 6.45) is 3.09. The molecule has 164 valence electrons. The van der Waals surface area contributed by atoms with Gasteiger partial charge in [-0.15, -0.1) is 5.10 Å². The lowest BCUT2D eigenvalue weighted by molar-refractivity contribution is 0.0921. The Kier molecular flexibility index (Phi) is 5.04. The first kappa shape index (κ1) is 20.1. The van der Waals surface area contributed by atoms with E-state index >= 15 is 0 Å². The summed E-state index contributed by atoms with van der Waals surface area (Å²) in [4.78, 5) is 25.2. The molecule has 1 fully saturated rings. The lowest BCUT2D eigenvalue weighted by atomic mass is 9.91. The molecule has 2 N–H and O–H groups in total. The van der Waals surface area contributed by atoms with Gasteiger partial charge in [-0.05, 0) is 69.9 Å². The number of aromatic nitrogens is 7. The molecular weight excluding hydrogens is 408 g/mol. The number of fused-ring (bicyclic) bond motifs is 1. The number of hydrogen-bond acceptors (Lipinski definition) is 6. The molecule has 0 saturated heterocycles. The smallest absolute Gasteiger partial charge is 0.267 e. The van der Waals surface area contributed by atoms with Gasteiger partial charge in [-0.1, -0.05) is 0 Å². The zero-order valence-corrected chi connectivity index (χ0v) is 17.9. The second kappa shape index (κ2) is 8.03. The molecule has 1 aliphatic rings. The minimum Gasteiger partial charge on any atom is -0.349 e. The van der Waals surface area contributed by atoms with Gasteiger partial charge in [0, 0.05) is 23.4 Å². The largest absolute Gasteiger partial charge is 0.349 e. The fraction of sp³-hybridized carbons (Fsp3) is 0.364. The molecule has 0 unspecified atom stereocenters. The Balaban J connectivity index is 1.26. The minimum atomic E-state index is -0.125. The van der Waals surface area contributed by atoms with E-state index in [2.05, 4.69) is 30.9 Å². The molecule has 1 amide bonds. The average Bonchev–Trinajstić information content (AvgIpc) is 3.39. The monoisotopic (exact) mass is 432 g/mol. The van der Waals surface area contributed by atoms with Crippen molar-refractivity contribution in [2.24, 2.45) is 0 Å². The number of nitrogens with one attached hydrogen (secondary N) is 2. The van der Waals surface area contributed by atoms with Crippen LogP contribution >= 0.6 is 0 Å². The third-order valence-electron chi connectivity index (χ3n) is 5.99. The number of hydrogen-bond donors (Lipinski definition) is 2. The first-order chi connectivity index (χ1) is 15.5. The highest BCUT2D eigenvalue weighted by molar-refractivity contribution is 5.97. The second-order valence-electron chi connectivity index (χ2n) is 8.32. The summed E-state index contributed by atoms with van der Waals surface area (Å²) in [6, 6.07) is 10.5. The number of benzene rings is 1. The van der Waals surface area contributed by atoms with Crippen LogP contribution in [0.4, 0.5) is 0 Å². The fourth-order valence-electron chi connectivity index (χ4n) is 4.37. The molecule has 0 aliphatic heterocycles. The Labute approximate surface area is 183 Å². The Morgan fingerprint density at radius 1 is 1.00 bits per heavy atom. The number of aryl methyl sites for hydroxylation is 2. The van der Waals surface area contributed by atoms with Crippen molar-refractivity contribution >= 4 is 16.9 Å². The molecule has 1 saturated carbocycles. The number of rotatable bonds is 4. The van der Waals surface area contributed by atoms with Gasteiger partial charge in [-0.25, -0.2) is 9.36 Å². The summed E-state index contributed by atoms with van der Waals surface area (Å²) in [5.41, 5.74) is 3.70. The first-order valence-electron chi connectivity index (χ1n) is 10.7. The van der Waals surface area contributed by atoms with Gasteiger partial charge in [-0.3, -0.25) is 9.59 Å². The topological polar surface area (TPSA) is 123 Å². The molecule has 0 bridgehead atoms. The summed E-state index contributed by atoms with van der Waals surface area (Å²) in [7, 11) is 0. The molecule has 0 radical (unpaired) electrons. The summed E-state index contributed by atoms with van der Waals surface area (Å²) in [5.74, 6) is 0.508. The molecule has 4 aromatic rings. The lowest BCUT2D eigenvalue weighted by Gasteiger charge is -2.29. The molecule has 32 heavy (non-hydrogen) atoms. The highest BCUT2D eigenvalue weighted by atomic mass is 16.1. The van der Waals surface area contributed by atoms with Crippen molar-refractivity contribution in [1.82, 2.24) is 40.3 Å². The summed E-state index contributed by atoms with van der Waals surface area (Å²) in [5, 5.41) is 22.8. The van der Waals surface area contributed by atoms with Gasteiger partial charge in [0.1, 0.15) is 11.0 Å². The molecule has 3 heterocycles. The van der Waals surface area contributed by atoms with Gasteiger partial charge >= 0.3 is 0 Å². The van der Waals surface area contributed by atoms with Crippen molar-refractivity contribution in [2.75, 3.05) is 0 Å². The van der Waals surface area contributed by atoms with Crippen LogP contribution in [-0.4, -0.2) is 46.9 Å². The van der Waals surface area contributed by atoms with Crippen LogP contribution in [0.25, 0.3) is 16.9 Å².